The van der Waals surface area contributed by atoms with Crippen LogP contribution in [0.25, 0.3) is 0 Å². The fourth-order valence-electron chi connectivity index (χ4n) is 2.67. The Hall–Kier alpha value is -1.03. The second-order valence-electron chi connectivity index (χ2n) is 5.10. The number of aliphatic hydroxyl groups excluding tert-OH is 1. The molecule has 1 heterocycles. The summed E-state index contributed by atoms with van der Waals surface area (Å²) in [6.07, 6.45) is 4.21. The Bertz CT molecular complexity index is 597. The molecule has 20 heavy (non-hydrogen) atoms. The summed E-state index contributed by atoms with van der Waals surface area (Å²) in [6.45, 7) is 0. The Labute approximate surface area is 128 Å². The summed E-state index contributed by atoms with van der Waals surface area (Å²) in [7, 11) is 1.59. The lowest BCUT2D eigenvalue weighted by Gasteiger charge is -2.11. The molecule has 4 heteroatoms. The second kappa shape index (κ2) is 5.76. The van der Waals surface area contributed by atoms with E-state index in [1.165, 1.54) is 23.3 Å². The molecule has 2 nitrogen and oxygen atoms in total. The van der Waals surface area contributed by atoms with Gasteiger partial charge in [-0.2, -0.15) is 0 Å². The number of hydrogen-bond donors (Lipinski definition) is 1. The summed E-state index contributed by atoms with van der Waals surface area (Å²) in [6, 6.07) is 7.61. The number of aliphatic hydroxyl groups is 1. The maximum atomic E-state index is 10.5. The molecule has 1 atom stereocenters. The van der Waals surface area contributed by atoms with Gasteiger partial charge < -0.3 is 9.84 Å². The molecule has 1 aliphatic rings. The predicted octanol–water partition coefficient (Wildman–Crippen LogP) is 4.37. The van der Waals surface area contributed by atoms with Crippen LogP contribution in [0.4, 0.5) is 0 Å². The second-order valence-corrected chi connectivity index (χ2v) is 6.68. The van der Waals surface area contributed by atoms with Crippen LogP contribution in [0, 0.1) is 0 Å². The summed E-state index contributed by atoms with van der Waals surface area (Å²) < 4.78 is 5.14. The first-order valence-corrected chi connectivity index (χ1v) is 8.01. The van der Waals surface area contributed by atoms with Crippen LogP contribution in [-0.2, 0) is 12.8 Å². The summed E-state index contributed by atoms with van der Waals surface area (Å²) in [5, 5.41) is 11.1. The lowest BCUT2D eigenvalue weighted by Crippen LogP contribution is -1.98. The molecular weight excluding hydrogens is 292 g/mol. The molecule has 1 N–H and O–H groups in total. The third-order valence-electron chi connectivity index (χ3n) is 3.78. The highest BCUT2D eigenvalue weighted by Crippen LogP contribution is 2.37. The molecule has 0 radical (unpaired) electrons. The minimum absolute atomic E-state index is 0.533. The van der Waals surface area contributed by atoms with Crippen LogP contribution in [0.15, 0.2) is 24.3 Å². The van der Waals surface area contributed by atoms with Crippen molar-refractivity contribution >= 4 is 22.9 Å². The number of rotatable bonds is 3. The van der Waals surface area contributed by atoms with Gasteiger partial charge in [-0.25, -0.2) is 0 Å². The summed E-state index contributed by atoms with van der Waals surface area (Å²) in [5.41, 5.74) is 2.23. The largest absolute Gasteiger partial charge is 0.495 e. The fourth-order valence-corrected chi connectivity index (χ4v) is 4.20. The third-order valence-corrected chi connectivity index (χ3v) is 5.36. The van der Waals surface area contributed by atoms with Crippen molar-refractivity contribution in [3.63, 3.8) is 0 Å². The predicted molar refractivity (Wildman–Crippen MR) is 83.0 cm³/mol. The van der Waals surface area contributed by atoms with E-state index in [4.69, 9.17) is 16.3 Å². The van der Waals surface area contributed by atoms with Crippen molar-refractivity contribution in [1.82, 2.24) is 0 Å². The van der Waals surface area contributed by atoms with Crippen molar-refractivity contribution in [2.24, 2.45) is 0 Å². The van der Waals surface area contributed by atoms with Gasteiger partial charge in [0.15, 0.2) is 0 Å². The highest BCUT2D eigenvalue weighted by molar-refractivity contribution is 7.12. The van der Waals surface area contributed by atoms with Gasteiger partial charge in [-0.1, -0.05) is 17.7 Å². The van der Waals surface area contributed by atoms with Crippen LogP contribution in [0.5, 0.6) is 5.75 Å². The molecular formula is C16H17ClO2S. The first-order valence-electron chi connectivity index (χ1n) is 6.82. The zero-order valence-corrected chi connectivity index (χ0v) is 12.9. The van der Waals surface area contributed by atoms with Gasteiger partial charge in [0.2, 0.25) is 0 Å². The zero-order valence-electron chi connectivity index (χ0n) is 11.4. The van der Waals surface area contributed by atoms with Crippen molar-refractivity contribution in [2.45, 2.75) is 31.8 Å². The normalized spacial score (nSPS) is 15.8. The number of hydrogen-bond acceptors (Lipinski definition) is 3. The van der Waals surface area contributed by atoms with Crippen LogP contribution in [-0.4, -0.2) is 12.2 Å². The van der Waals surface area contributed by atoms with Crippen LogP contribution in [0.1, 0.15) is 39.8 Å². The molecule has 0 amide bonds. The maximum Gasteiger partial charge on any atom is 0.137 e. The molecule has 1 unspecified atom stereocenters. The molecule has 0 fully saturated rings. The highest BCUT2D eigenvalue weighted by atomic mass is 35.5. The Morgan fingerprint density at radius 3 is 2.75 bits per heavy atom. The third kappa shape index (κ3) is 2.58. The van der Waals surface area contributed by atoms with Gasteiger partial charge in [-0.3, -0.25) is 0 Å². The van der Waals surface area contributed by atoms with Crippen molar-refractivity contribution in [1.29, 1.82) is 0 Å². The van der Waals surface area contributed by atoms with E-state index in [0.29, 0.717) is 10.8 Å². The van der Waals surface area contributed by atoms with Crippen LogP contribution < -0.4 is 4.74 Å². The first-order chi connectivity index (χ1) is 9.69. The van der Waals surface area contributed by atoms with Crippen molar-refractivity contribution < 1.29 is 9.84 Å². The summed E-state index contributed by atoms with van der Waals surface area (Å²) in [4.78, 5) is 2.45. The Morgan fingerprint density at radius 2 is 2.05 bits per heavy atom. The van der Waals surface area contributed by atoms with E-state index in [0.717, 1.165) is 23.3 Å². The average Bonchev–Trinajstić information content (AvgIpc) is 2.90. The molecule has 106 valence electrons. The molecule has 0 spiro atoms. The quantitative estimate of drug-likeness (QED) is 0.912. The van der Waals surface area contributed by atoms with E-state index in [-0.39, 0.29) is 0 Å². The fraction of sp³-hybridized carbons (Fsp3) is 0.375. The lowest BCUT2D eigenvalue weighted by molar-refractivity contribution is 0.224. The molecule has 0 aliphatic heterocycles. The Kier molecular flexibility index (Phi) is 4.01. The van der Waals surface area contributed by atoms with Gasteiger partial charge >= 0.3 is 0 Å². The van der Waals surface area contributed by atoms with Crippen molar-refractivity contribution in [3.05, 3.63) is 50.2 Å². The topological polar surface area (TPSA) is 29.5 Å². The molecule has 1 aromatic heterocycles. The van der Waals surface area contributed by atoms with E-state index < -0.39 is 6.10 Å². The standard InChI is InChI=1S/C16H17ClO2S/c1-19-13-7-6-11(8-12(13)17)16(18)15-9-10-4-2-3-5-14(10)20-15/h6-9,16,18H,2-5H2,1H3. The van der Waals surface area contributed by atoms with Gasteiger partial charge in [-0.05, 0) is 55.0 Å². The minimum Gasteiger partial charge on any atom is -0.495 e. The highest BCUT2D eigenvalue weighted by Gasteiger charge is 2.19. The minimum atomic E-state index is -0.603. The monoisotopic (exact) mass is 308 g/mol. The first kappa shape index (κ1) is 13.9. The zero-order chi connectivity index (χ0) is 14.1. The number of halogens is 1. The van der Waals surface area contributed by atoms with E-state index in [1.807, 2.05) is 6.07 Å². The van der Waals surface area contributed by atoms with E-state index in [9.17, 15) is 5.11 Å². The van der Waals surface area contributed by atoms with Crippen LogP contribution in [0.3, 0.4) is 0 Å². The summed E-state index contributed by atoms with van der Waals surface area (Å²) in [5.74, 6) is 0.632. The average molecular weight is 309 g/mol. The number of thiophene rings is 1. The van der Waals surface area contributed by atoms with Crippen LogP contribution in [0.2, 0.25) is 5.02 Å². The molecule has 1 aliphatic carbocycles. The van der Waals surface area contributed by atoms with Gasteiger partial charge in [0.1, 0.15) is 11.9 Å². The molecule has 1 aromatic carbocycles. The number of aryl methyl sites for hydroxylation is 2. The summed E-state index contributed by atoms with van der Waals surface area (Å²) >= 11 is 7.86. The van der Waals surface area contributed by atoms with Crippen molar-refractivity contribution in [2.75, 3.05) is 7.11 Å². The Morgan fingerprint density at radius 1 is 1.25 bits per heavy atom. The number of methoxy groups -OCH3 is 1. The van der Waals surface area contributed by atoms with Gasteiger partial charge in [0, 0.05) is 9.75 Å². The van der Waals surface area contributed by atoms with E-state index in [1.54, 1.807) is 30.6 Å². The van der Waals surface area contributed by atoms with Gasteiger partial charge in [0.25, 0.3) is 0 Å². The lowest BCUT2D eigenvalue weighted by atomic mass is 9.98. The van der Waals surface area contributed by atoms with E-state index in [2.05, 4.69) is 6.07 Å². The van der Waals surface area contributed by atoms with Gasteiger partial charge in [-0.15, -0.1) is 11.3 Å². The Balaban J connectivity index is 1.90. The number of ether oxygens (including phenoxy) is 1. The van der Waals surface area contributed by atoms with E-state index >= 15 is 0 Å². The SMILES string of the molecule is COc1ccc(C(O)c2cc3c(s2)CCCC3)cc1Cl. The molecule has 0 bridgehead atoms. The van der Waals surface area contributed by atoms with Crippen LogP contribution >= 0.6 is 22.9 Å². The number of benzene rings is 1. The number of fused-ring (bicyclic) bond motifs is 1. The molecule has 0 saturated carbocycles. The smallest absolute Gasteiger partial charge is 0.137 e. The molecule has 0 saturated heterocycles. The molecule has 2 aromatic rings. The van der Waals surface area contributed by atoms with Gasteiger partial charge in [0.05, 0.1) is 12.1 Å². The molecule has 3 rings (SSSR count). The maximum absolute atomic E-state index is 10.5. The van der Waals surface area contributed by atoms with Crippen molar-refractivity contribution in [3.8, 4) is 5.75 Å².